The summed E-state index contributed by atoms with van der Waals surface area (Å²) in [5, 5.41) is 5.97. The first-order valence-corrected chi connectivity index (χ1v) is 17.4. The molecule has 1 saturated heterocycles. The van der Waals surface area contributed by atoms with Crippen LogP contribution in [0.5, 0.6) is 5.75 Å². The SMILES string of the molecule is Cc1cc(Nc2ncc(C)c(Nc3ccccc3S(=O)(=O)C(C)C)n2)c(OC(C)C)cc1C1CCN(C(=O)CCCC(N)=O)CC1. The van der Waals surface area contributed by atoms with Crippen LogP contribution >= 0.6 is 0 Å². The third kappa shape index (κ3) is 8.54. The Kier molecular flexibility index (Phi) is 11.3. The Morgan fingerprint density at radius 2 is 1.70 bits per heavy atom. The van der Waals surface area contributed by atoms with Crippen LogP contribution in [0.1, 0.15) is 82.4 Å². The van der Waals surface area contributed by atoms with E-state index in [0.717, 1.165) is 29.7 Å². The van der Waals surface area contributed by atoms with Crippen molar-refractivity contribution in [2.75, 3.05) is 23.7 Å². The topological polar surface area (TPSA) is 157 Å². The van der Waals surface area contributed by atoms with E-state index in [0.29, 0.717) is 49.1 Å². The smallest absolute Gasteiger partial charge is 0.229 e. The van der Waals surface area contributed by atoms with Gasteiger partial charge < -0.3 is 26.0 Å². The number of anilines is 4. The maximum atomic E-state index is 13.0. The maximum Gasteiger partial charge on any atom is 0.229 e. The Labute approximate surface area is 272 Å². The summed E-state index contributed by atoms with van der Waals surface area (Å²) >= 11 is 0. The molecule has 46 heavy (non-hydrogen) atoms. The Morgan fingerprint density at radius 3 is 2.35 bits per heavy atom. The van der Waals surface area contributed by atoms with E-state index in [9.17, 15) is 18.0 Å². The Bertz CT molecular complexity index is 1670. The van der Waals surface area contributed by atoms with E-state index in [-0.39, 0.29) is 35.2 Å². The number of rotatable bonds is 13. The number of hydrogen-bond donors (Lipinski definition) is 3. The lowest BCUT2D eigenvalue weighted by Crippen LogP contribution is -2.38. The predicted octanol–water partition coefficient (Wildman–Crippen LogP) is 5.91. The Hall–Kier alpha value is -4.19. The summed E-state index contributed by atoms with van der Waals surface area (Å²) in [6, 6.07) is 10.9. The van der Waals surface area contributed by atoms with Gasteiger partial charge in [0.15, 0.2) is 9.84 Å². The van der Waals surface area contributed by atoms with E-state index in [4.69, 9.17) is 15.5 Å². The minimum absolute atomic E-state index is 0.0665. The van der Waals surface area contributed by atoms with Crippen LogP contribution in [-0.4, -0.2) is 59.5 Å². The van der Waals surface area contributed by atoms with Crippen molar-refractivity contribution in [2.24, 2.45) is 5.73 Å². The fourth-order valence-corrected chi connectivity index (χ4v) is 6.76. The molecule has 2 heterocycles. The quantitative estimate of drug-likeness (QED) is 0.205. The maximum absolute atomic E-state index is 13.0. The first-order chi connectivity index (χ1) is 21.8. The molecule has 0 radical (unpaired) electrons. The summed E-state index contributed by atoms with van der Waals surface area (Å²) in [6.07, 6.45) is 4.31. The molecular formula is C34H46N6O5S. The van der Waals surface area contributed by atoms with E-state index < -0.39 is 15.1 Å². The molecule has 248 valence electrons. The monoisotopic (exact) mass is 650 g/mol. The number of benzene rings is 2. The van der Waals surface area contributed by atoms with Gasteiger partial charge in [0, 0.05) is 37.7 Å². The highest BCUT2D eigenvalue weighted by molar-refractivity contribution is 7.92. The zero-order valence-corrected chi connectivity index (χ0v) is 28.4. The molecule has 0 saturated carbocycles. The summed E-state index contributed by atoms with van der Waals surface area (Å²) in [5.41, 5.74) is 9.40. The molecule has 1 aliphatic rings. The number of nitrogens with one attached hydrogen (secondary N) is 2. The standard InChI is InChI=1S/C34H46N6O5S/c1-21(2)45-29-19-26(25-14-16-40(17-15-25)32(42)13-9-12-31(35)41)23(5)18-28(29)38-34-36-20-24(6)33(39-34)37-27-10-7-8-11-30(27)46(43,44)22(3)4/h7-8,10-11,18-22,25H,9,12-17H2,1-6H3,(H2,35,41)(H2,36,37,38,39). The van der Waals surface area contributed by atoms with Gasteiger partial charge >= 0.3 is 0 Å². The summed E-state index contributed by atoms with van der Waals surface area (Å²) in [6.45, 7) is 12.5. The van der Waals surface area contributed by atoms with Gasteiger partial charge in [-0.1, -0.05) is 12.1 Å². The van der Waals surface area contributed by atoms with Crippen LogP contribution in [0.4, 0.5) is 23.1 Å². The fourth-order valence-electron chi connectivity index (χ4n) is 5.55. The molecule has 4 N–H and O–H groups in total. The molecule has 0 spiro atoms. The van der Waals surface area contributed by atoms with E-state index in [1.807, 2.05) is 31.7 Å². The van der Waals surface area contributed by atoms with Crippen LogP contribution in [0, 0.1) is 13.8 Å². The molecule has 1 aromatic heterocycles. The van der Waals surface area contributed by atoms with Gasteiger partial charge in [-0.05, 0) is 102 Å². The van der Waals surface area contributed by atoms with Crippen molar-refractivity contribution in [3.8, 4) is 5.75 Å². The van der Waals surface area contributed by atoms with Gasteiger partial charge in [-0.25, -0.2) is 13.4 Å². The molecule has 0 bridgehead atoms. The number of amides is 2. The second kappa shape index (κ2) is 14.9. The third-order valence-electron chi connectivity index (χ3n) is 8.12. The number of primary amides is 1. The van der Waals surface area contributed by atoms with Crippen molar-refractivity contribution in [1.29, 1.82) is 0 Å². The predicted molar refractivity (Wildman–Crippen MR) is 181 cm³/mol. The van der Waals surface area contributed by atoms with Crippen molar-refractivity contribution in [2.45, 2.75) is 95.8 Å². The molecule has 1 fully saturated rings. The highest BCUT2D eigenvalue weighted by atomic mass is 32.2. The van der Waals surface area contributed by atoms with E-state index >= 15 is 0 Å². The van der Waals surface area contributed by atoms with Gasteiger partial charge in [0.05, 0.1) is 27.6 Å². The molecule has 2 aromatic carbocycles. The largest absolute Gasteiger partial charge is 0.489 e. The number of aryl methyl sites for hydroxylation is 2. The number of ether oxygens (including phenoxy) is 1. The van der Waals surface area contributed by atoms with Crippen molar-refractivity contribution in [3.63, 3.8) is 0 Å². The molecule has 11 nitrogen and oxygen atoms in total. The lowest BCUT2D eigenvalue weighted by Gasteiger charge is -2.33. The summed E-state index contributed by atoms with van der Waals surface area (Å²) < 4.78 is 32.3. The van der Waals surface area contributed by atoms with E-state index in [1.54, 1.807) is 44.3 Å². The van der Waals surface area contributed by atoms with Gasteiger partial charge in [0.1, 0.15) is 11.6 Å². The van der Waals surface area contributed by atoms with Crippen LogP contribution in [0.25, 0.3) is 0 Å². The molecule has 1 aliphatic heterocycles. The molecule has 4 rings (SSSR count). The van der Waals surface area contributed by atoms with Crippen LogP contribution < -0.4 is 21.1 Å². The number of carbonyl (C=O) groups excluding carboxylic acids is 2. The summed E-state index contributed by atoms with van der Waals surface area (Å²) in [4.78, 5) is 34.9. The highest BCUT2D eigenvalue weighted by Gasteiger charge is 2.26. The van der Waals surface area contributed by atoms with E-state index in [2.05, 4.69) is 28.6 Å². The average molecular weight is 651 g/mol. The van der Waals surface area contributed by atoms with Gasteiger partial charge in [-0.15, -0.1) is 0 Å². The normalized spacial score (nSPS) is 14.0. The number of hydrogen-bond acceptors (Lipinski definition) is 9. The summed E-state index contributed by atoms with van der Waals surface area (Å²) in [7, 11) is -3.52. The van der Waals surface area contributed by atoms with Crippen LogP contribution in [0.15, 0.2) is 47.5 Å². The number of nitrogens with two attached hydrogens (primary N) is 1. The average Bonchev–Trinajstić information content (AvgIpc) is 3.00. The fraction of sp³-hybridized carbons (Fsp3) is 0.471. The third-order valence-corrected chi connectivity index (χ3v) is 10.3. The minimum atomic E-state index is -3.52. The number of carbonyl (C=O) groups is 2. The molecule has 0 unspecified atom stereocenters. The minimum Gasteiger partial charge on any atom is -0.489 e. The second-order valence-electron chi connectivity index (χ2n) is 12.4. The van der Waals surface area contributed by atoms with Crippen LogP contribution in [0.2, 0.25) is 0 Å². The van der Waals surface area contributed by atoms with E-state index in [1.165, 1.54) is 5.56 Å². The molecule has 12 heteroatoms. The van der Waals surface area contributed by atoms with Gasteiger partial charge in [-0.3, -0.25) is 9.59 Å². The highest BCUT2D eigenvalue weighted by Crippen LogP contribution is 2.38. The first-order valence-electron chi connectivity index (χ1n) is 15.8. The second-order valence-corrected chi connectivity index (χ2v) is 14.9. The molecule has 2 amide bonds. The van der Waals surface area contributed by atoms with Crippen LogP contribution in [-0.2, 0) is 19.4 Å². The van der Waals surface area contributed by atoms with Crippen molar-refractivity contribution in [1.82, 2.24) is 14.9 Å². The van der Waals surface area contributed by atoms with Gasteiger partial charge in [0.2, 0.25) is 17.8 Å². The van der Waals surface area contributed by atoms with Crippen LogP contribution in [0.3, 0.4) is 0 Å². The molecule has 0 aliphatic carbocycles. The zero-order valence-electron chi connectivity index (χ0n) is 27.6. The molecular weight excluding hydrogens is 604 g/mol. The van der Waals surface area contributed by atoms with Crippen molar-refractivity contribution >= 4 is 44.8 Å². The lowest BCUT2D eigenvalue weighted by molar-refractivity contribution is -0.132. The molecule has 0 atom stereocenters. The lowest BCUT2D eigenvalue weighted by atomic mass is 9.86. The van der Waals surface area contributed by atoms with Gasteiger partial charge in [0.25, 0.3) is 0 Å². The number of aromatic nitrogens is 2. The Morgan fingerprint density at radius 1 is 1.00 bits per heavy atom. The zero-order chi connectivity index (χ0) is 33.6. The van der Waals surface area contributed by atoms with Gasteiger partial charge in [-0.2, -0.15) is 4.98 Å². The summed E-state index contributed by atoms with van der Waals surface area (Å²) in [5.74, 6) is 1.45. The number of sulfone groups is 1. The number of nitrogens with zero attached hydrogens (tertiary/aromatic N) is 3. The number of para-hydroxylation sites is 1. The number of piperidine rings is 1. The first kappa shape index (κ1) is 34.7. The number of likely N-dealkylation sites (tertiary alicyclic amines) is 1. The van der Waals surface area contributed by atoms with Crippen molar-refractivity contribution in [3.05, 3.63) is 59.3 Å². The Balaban J connectivity index is 1.54. The molecule has 3 aromatic rings. The van der Waals surface area contributed by atoms with Crippen molar-refractivity contribution < 1.29 is 22.7 Å².